The zero-order chi connectivity index (χ0) is 13.8. The van der Waals surface area contributed by atoms with Crippen LogP contribution in [0, 0.1) is 6.92 Å². The highest BCUT2D eigenvalue weighted by Gasteiger charge is 2.30. The number of ether oxygens (including phenoxy) is 1. The van der Waals surface area contributed by atoms with Crippen LogP contribution in [0.15, 0.2) is 18.2 Å². The van der Waals surface area contributed by atoms with Crippen molar-refractivity contribution in [2.24, 2.45) is 5.73 Å². The smallest absolute Gasteiger partial charge is 0.306 e. The molecule has 4 heteroatoms. The standard InChI is InChI=1S/C14H22N2O2/c1-4-18-13(17)8-14(3,9-15)11-6-5-7-12(16)10(11)2/h5-7H,4,8-9,15-16H2,1-3H3. The van der Waals surface area contributed by atoms with Gasteiger partial charge in [0.2, 0.25) is 0 Å². The number of benzene rings is 1. The topological polar surface area (TPSA) is 78.3 Å². The third-order valence-corrected chi connectivity index (χ3v) is 3.32. The second-order valence-electron chi connectivity index (χ2n) is 4.77. The fourth-order valence-electron chi connectivity index (χ4n) is 2.12. The predicted octanol–water partition coefficient (Wildman–Crippen LogP) is 1.75. The fourth-order valence-corrected chi connectivity index (χ4v) is 2.12. The maximum absolute atomic E-state index is 11.7. The first-order chi connectivity index (χ1) is 8.44. The summed E-state index contributed by atoms with van der Waals surface area (Å²) in [6.45, 7) is 6.46. The molecule has 1 aromatic rings. The summed E-state index contributed by atoms with van der Waals surface area (Å²) in [5, 5.41) is 0. The Kier molecular flexibility index (Phi) is 4.73. The number of nitrogens with two attached hydrogens (primary N) is 2. The first-order valence-corrected chi connectivity index (χ1v) is 6.16. The summed E-state index contributed by atoms with van der Waals surface area (Å²) in [4.78, 5) is 11.7. The second kappa shape index (κ2) is 5.87. The molecule has 0 aliphatic heterocycles. The third-order valence-electron chi connectivity index (χ3n) is 3.32. The number of carbonyl (C=O) groups excluding carboxylic acids is 1. The lowest BCUT2D eigenvalue weighted by atomic mass is 9.77. The molecule has 0 saturated heterocycles. The molecule has 0 spiro atoms. The molecule has 18 heavy (non-hydrogen) atoms. The van der Waals surface area contributed by atoms with E-state index in [-0.39, 0.29) is 12.4 Å². The van der Waals surface area contributed by atoms with Crippen molar-refractivity contribution in [3.05, 3.63) is 29.3 Å². The summed E-state index contributed by atoms with van der Waals surface area (Å²) in [5.74, 6) is -0.229. The van der Waals surface area contributed by atoms with Gasteiger partial charge in [-0.1, -0.05) is 19.1 Å². The molecule has 0 aromatic heterocycles. The highest BCUT2D eigenvalue weighted by Crippen LogP contribution is 2.31. The number of anilines is 1. The van der Waals surface area contributed by atoms with E-state index < -0.39 is 5.41 Å². The predicted molar refractivity (Wildman–Crippen MR) is 73.2 cm³/mol. The van der Waals surface area contributed by atoms with Crippen LogP contribution in [0.2, 0.25) is 0 Å². The molecule has 4 nitrogen and oxygen atoms in total. The normalized spacial score (nSPS) is 14.0. The minimum absolute atomic E-state index is 0.229. The molecule has 0 amide bonds. The van der Waals surface area contributed by atoms with Gasteiger partial charge in [-0.25, -0.2) is 0 Å². The minimum Gasteiger partial charge on any atom is -0.466 e. The lowest BCUT2D eigenvalue weighted by Crippen LogP contribution is -2.35. The summed E-state index contributed by atoms with van der Waals surface area (Å²) in [6.07, 6.45) is 0.266. The van der Waals surface area contributed by atoms with Gasteiger partial charge in [-0.2, -0.15) is 0 Å². The lowest BCUT2D eigenvalue weighted by molar-refractivity contribution is -0.144. The third kappa shape index (κ3) is 3.01. The van der Waals surface area contributed by atoms with Crippen LogP contribution in [-0.2, 0) is 14.9 Å². The van der Waals surface area contributed by atoms with Crippen molar-refractivity contribution in [2.75, 3.05) is 18.9 Å². The number of rotatable bonds is 5. The van der Waals surface area contributed by atoms with Crippen LogP contribution in [0.5, 0.6) is 0 Å². The van der Waals surface area contributed by atoms with E-state index in [2.05, 4.69) is 0 Å². The van der Waals surface area contributed by atoms with Gasteiger partial charge < -0.3 is 16.2 Å². The maximum atomic E-state index is 11.7. The van der Waals surface area contributed by atoms with Crippen LogP contribution in [0.1, 0.15) is 31.4 Å². The summed E-state index contributed by atoms with van der Waals surface area (Å²) in [7, 11) is 0. The summed E-state index contributed by atoms with van der Waals surface area (Å²) in [5.41, 5.74) is 14.0. The molecule has 1 rings (SSSR count). The van der Waals surface area contributed by atoms with Crippen LogP contribution in [-0.4, -0.2) is 19.1 Å². The van der Waals surface area contributed by atoms with Crippen LogP contribution in [0.25, 0.3) is 0 Å². The van der Waals surface area contributed by atoms with Crippen molar-refractivity contribution in [3.63, 3.8) is 0 Å². The highest BCUT2D eigenvalue weighted by atomic mass is 16.5. The molecule has 0 radical (unpaired) electrons. The molecule has 0 saturated carbocycles. The van der Waals surface area contributed by atoms with Gasteiger partial charge in [0.05, 0.1) is 13.0 Å². The number of esters is 1. The zero-order valence-electron chi connectivity index (χ0n) is 11.3. The van der Waals surface area contributed by atoms with Crippen LogP contribution in [0.3, 0.4) is 0 Å². The maximum Gasteiger partial charge on any atom is 0.306 e. The van der Waals surface area contributed by atoms with E-state index in [1.165, 1.54) is 0 Å². The van der Waals surface area contributed by atoms with E-state index >= 15 is 0 Å². The van der Waals surface area contributed by atoms with E-state index in [0.29, 0.717) is 13.2 Å². The summed E-state index contributed by atoms with van der Waals surface area (Å²) in [6, 6.07) is 5.70. The van der Waals surface area contributed by atoms with Gasteiger partial charge >= 0.3 is 5.97 Å². The Labute approximate surface area is 108 Å². The first kappa shape index (κ1) is 14.5. The molecular weight excluding hydrogens is 228 g/mol. The van der Waals surface area contributed by atoms with Gasteiger partial charge in [0.15, 0.2) is 0 Å². The van der Waals surface area contributed by atoms with Gasteiger partial charge in [0.25, 0.3) is 0 Å². The molecular formula is C14H22N2O2. The molecule has 0 heterocycles. The molecule has 0 aliphatic carbocycles. The van der Waals surface area contributed by atoms with E-state index in [4.69, 9.17) is 16.2 Å². The van der Waals surface area contributed by atoms with Gasteiger partial charge in [0, 0.05) is 17.6 Å². The van der Waals surface area contributed by atoms with Gasteiger partial charge in [0.1, 0.15) is 0 Å². The molecule has 0 bridgehead atoms. The Morgan fingerprint density at radius 3 is 2.67 bits per heavy atom. The molecule has 1 unspecified atom stereocenters. The van der Waals surface area contributed by atoms with Crippen LogP contribution < -0.4 is 11.5 Å². The second-order valence-corrected chi connectivity index (χ2v) is 4.77. The number of carbonyl (C=O) groups is 1. The Morgan fingerprint density at radius 2 is 2.11 bits per heavy atom. The van der Waals surface area contributed by atoms with E-state index in [1.807, 2.05) is 32.0 Å². The Hall–Kier alpha value is -1.55. The average molecular weight is 250 g/mol. The summed E-state index contributed by atoms with van der Waals surface area (Å²) < 4.78 is 5.01. The van der Waals surface area contributed by atoms with Gasteiger partial charge in [-0.05, 0) is 31.0 Å². The number of hydrogen-bond donors (Lipinski definition) is 2. The molecule has 1 atom stereocenters. The fraction of sp³-hybridized carbons (Fsp3) is 0.500. The van der Waals surface area contributed by atoms with Gasteiger partial charge in [-0.3, -0.25) is 4.79 Å². The first-order valence-electron chi connectivity index (χ1n) is 6.16. The SMILES string of the molecule is CCOC(=O)CC(C)(CN)c1cccc(N)c1C. The molecule has 4 N–H and O–H groups in total. The number of hydrogen-bond acceptors (Lipinski definition) is 4. The van der Waals surface area contributed by atoms with Crippen LogP contribution in [0.4, 0.5) is 5.69 Å². The van der Waals surface area contributed by atoms with Crippen molar-refractivity contribution < 1.29 is 9.53 Å². The van der Waals surface area contributed by atoms with Crippen molar-refractivity contribution >= 4 is 11.7 Å². The number of nitrogen functional groups attached to an aromatic ring is 1. The Balaban J connectivity index is 3.07. The van der Waals surface area contributed by atoms with Crippen molar-refractivity contribution in [1.29, 1.82) is 0 Å². The van der Waals surface area contributed by atoms with E-state index in [9.17, 15) is 4.79 Å². The van der Waals surface area contributed by atoms with Crippen LogP contribution >= 0.6 is 0 Å². The Bertz CT molecular complexity index is 432. The molecule has 1 aromatic carbocycles. The van der Waals surface area contributed by atoms with Gasteiger partial charge in [-0.15, -0.1) is 0 Å². The quantitative estimate of drug-likeness (QED) is 0.616. The van der Waals surface area contributed by atoms with E-state index in [0.717, 1.165) is 16.8 Å². The Morgan fingerprint density at radius 1 is 1.44 bits per heavy atom. The monoisotopic (exact) mass is 250 g/mol. The summed E-state index contributed by atoms with van der Waals surface area (Å²) >= 11 is 0. The zero-order valence-corrected chi connectivity index (χ0v) is 11.3. The van der Waals surface area contributed by atoms with Crippen molar-refractivity contribution in [1.82, 2.24) is 0 Å². The van der Waals surface area contributed by atoms with Crippen molar-refractivity contribution in [2.45, 2.75) is 32.6 Å². The average Bonchev–Trinajstić information content (AvgIpc) is 2.32. The minimum atomic E-state index is -0.439. The highest BCUT2D eigenvalue weighted by molar-refractivity contribution is 5.72. The molecule has 0 aliphatic rings. The largest absolute Gasteiger partial charge is 0.466 e. The van der Waals surface area contributed by atoms with Crippen molar-refractivity contribution in [3.8, 4) is 0 Å². The lowest BCUT2D eigenvalue weighted by Gasteiger charge is -2.29. The molecule has 100 valence electrons. The van der Waals surface area contributed by atoms with E-state index in [1.54, 1.807) is 6.92 Å². The molecule has 0 fully saturated rings.